The van der Waals surface area contributed by atoms with E-state index in [9.17, 15) is 19.4 Å². The van der Waals surface area contributed by atoms with Gasteiger partial charge in [-0.1, -0.05) is 231 Å². The zero-order valence-corrected chi connectivity index (χ0v) is 40.2. The molecule has 2 N–H and O–H groups in total. The van der Waals surface area contributed by atoms with E-state index in [0.717, 1.165) is 38.5 Å². The first kappa shape index (κ1) is 57.2. The second-order valence-corrected chi connectivity index (χ2v) is 19.9. The molecule has 0 aromatic rings. The number of phosphoric ester groups is 1. The molecular formula is C49H99N2O6P. The zero-order chi connectivity index (χ0) is 42.8. The number of hydrogen-bond acceptors (Lipinski definition) is 6. The summed E-state index contributed by atoms with van der Waals surface area (Å²) < 4.78 is 23.2. The number of carbonyl (C=O) groups is 1. The van der Waals surface area contributed by atoms with Gasteiger partial charge in [0, 0.05) is 6.42 Å². The molecule has 0 fully saturated rings. The number of carbonyl (C=O) groups excluding carboxylic acids is 1. The van der Waals surface area contributed by atoms with Crippen molar-refractivity contribution in [2.24, 2.45) is 0 Å². The minimum Gasteiger partial charge on any atom is -0.756 e. The van der Waals surface area contributed by atoms with Gasteiger partial charge in [0.1, 0.15) is 13.2 Å². The molecule has 1 unspecified atom stereocenters. The molecule has 0 bridgehead atoms. The van der Waals surface area contributed by atoms with Crippen LogP contribution in [0, 0.1) is 0 Å². The summed E-state index contributed by atoms with van der Waals surface area (Å²) >= 11 is 0. The predicted molar refractivity (Wildman–Crippen MR) is 247 cm³/mol. The van der Waals surface area contributed by atoms with E-state index in [4.69, 9.17) is 9.05 Å². The van der Waals surface area contributed by atoms with E-state index >= 15 is 0 Å². The van der Waals surface area contributed by atoms with Crippen molar-refractivity contribution >= 4 is 13.7 Å². The van der Waals surface area contributed by atoms with E-state index in [0.29, 0.717) is 17.4 Å². The number of aliphatic hydroxyl groups is 1. The number of amides is 1. The van der Waals surface area contributed by atoms with Crippen LogP contribution >= 0.6 is 7.82 Å². The third-order valence-electron chi connectivity index (χ3n) is 11.5. The third-order valence-corrected chi connectivity index (χ3v) is 12.5. The largest absolute Gasteiger partial charge is 0.756 e. The summed E-state index contributed by atoms with van der Waals surface area (Å²) in [5, 5.41) is 13.8. The Hall–Kier alpha value is -0.760. The Labute approximate surface area is 361 Å². The summed E-state index contributed by atoms with van der Waals surface area (Å²) in [4.78, 5) is 25.3. The first-order chi connectivity index (χ1) is 28.0. The lowest BCUT2D eigenvalue weighted by Gasteiger charge is -2.29. The topological polar surface area (TPSA) is 108 Å². The van der Waals surface area contributed by atoms with Gasteiger partial charge in [-0.05, 0) is 19.3 Å². The number of phosphoric acid groups is 1. The van der Waals surface area contributed by atoms with Crippen molar-refractivity contribution in [3.8, 4) is 0 Å². The van der Waals surface area contributed by atoms with Gasteiger partial charge in [0.15, 0.2) is 0 Å². The normalized spacial score (nSPS) is 14.3. The molecule has 1 amide bonds. The summed E-state index contributed by atoms with van der Waals surface area (Å²) in [5.74, 6) is -0.193. The average Bonchev–Trinajstić information content (AvgIpc) is 3.17. The number of likely N-dealkylation sites (N-methyl/N-ethyl adjacent to an activating group) is 1. The number of unbranched alkanes of at least 4 members (excludes halogenated alkanes) is 33. The molecule has 8 nitrogen and oxygen atoms in total. The third kappa shape index (κ3) is 43.3. The smallest absolute Gasteiger partial charge is 0.268 e. The Bertz CT molecular complexity index is 958. The van der Waals surface area contributed by atoms with Crippen LogP contribution in [0.1, 0.15) is 245 Å². The van der Waals surface area contributed by atoms with Crippen LogP contribution in [0.2, 0.25) is 0 Å². The predicted octanol–water partition coefficient (Wildman–Crippen LogP) is 13.7. The molecule has 0 spiro atoms. The maximum Gasteiger partial charge on any atom is 0.268 e. The summed E-state index contributed by atoms with van der Waals surface area (Å²) in [6.07, 6.45) is 48.4. The number of allylic oxidation sites excluding steroid dienone is 1. The first-order valence-electron chi connectivity index (χ1n) is 25.1. The maximum atomic E-state index is 12.9. The Kier molecular flexibility index (Phi) is 41.0. The molecule has 0 aliphatic carbocycles. The van der Waals surface area contributed by atoms with E-state index in [1.165, 1.54) is 186 Å². The van der Waals surface area contributed by atoms with Crippen molar-refractivity contribution in [1.82, 2.24) is 5.32 Å². The van der Waals surface area contributed by atoms with Gasteiger partial charge in [-0.15, -0.1) is 0 Å². The number of rotatable bonds is 46. The molecule has 0 aromatic heterocycles. The van der Waals surface area contributed by atoms with Crippen molar-refractivity contribution in [2.45, 2.75) is 257 Å². The molecule has 58 heavy (non-hydrogen) atoms. The highest BCUT2D eigenvalue weighted by Crippen LogP contribution is 2.38. The van der Waals surface area contributed by atoms with E-state index in [1.807, 2.05) is 27.2 Å². The van der Waals surface area contributed by atoms with Crippen molar-refractivity contribution in [1.29, 1.82) is 0 Å². The lowest BCUT2D eigenvalue weighted by Crippen LogP contribution is -2.45. The average molecular weight is 843 g/mol. The SMILES string of the molecule is CCCCCCCCCCCC/C=C/[C@@H](O)[C@H](COP(=O)([O-])OCC[N+](C)(C)C)NC(=O)CCCCCCCCCCCCCCCCCCCCCCCCCC. The van der Waals surface area contributed by atoms with Crippen LogP contribution in [0.15, 0.2) is 12.2 Å². The highest BCUT2D eigenvalue weighted by Gasteiger charge is 2.23. The van der Waals surface area contributed by atoms with Gasteiger partial charge in [-0.2, -0.15) is 0 Å². The summed E-state index contributed by atoms with van der Waals surface area (Å²) in [5.41, 5.74) is 0. The fourth-order valence-electron chi connectivity index (χ4n) is 7.51. The van der Waals surface area contributed by atoms with Crippen LogP contribution < -0.4 is 10.2 Å². The van der Waals surface area contributed by atoms with Crippen molar-refractivity contribution in [3.05, 3.63) is 12.2 Å². The number of nitrogens with zero attached hydrogens (tertiary/aromatic N) is 1. The van der Waals surface area contributed by atoms with Crippen LogP contribution in [-0.2, 0) is 18.4 Å². The number of nitrogens with one attached hydrogen (secondary N) is 1. The van der Waals surface area contributed by atoms with Gasteiger partial charge < -0.3 is 28.8 Å². The van der Waals surface area contributed by atoms with Crippen LogP contribution in [0.3, 0.4) is 0 Å². The van der Waals surface area contributed by atoms with E-state index < -0.39 is 20.0 Å². The van der Waals surface area contributed by atoms with Crippen molar-refractivity contribution in [3.63, 3.8) is 0 Å². The molecule has 0 radical (unpaired) electrons. The van der Waals surface area contributed by atoms with Crippen LogP contribution in [-0.4, -0.2) is 68.5 Å². The number of hydrogen-bond donors (Lipinski definition) is 2. The number of quaternary nitrogens is 1. The molecule has 9 heteroatoms. The Morgan fingerprint density at radius 2 is 0.931 bits per heavy atom. The second-order valence-electron chi connectivity index (χ2n) is 18.5. The van der Waals surface area contributed by atoms with E-state index in [2.05, 4.69) is 19.2 Å². The Morgan fingerprint density at radius 3 is 1.29 bits per heavy atom. The van der Waals surface area contributed by atoms with Gasteiger partial charge in [0.2, 0.25) is 5.91 Å². The lowest BCUT2D eigenvalue weighted by molar-refractivity contribution is -0.870. The van der Waals surface area contributed by atoms with Crippen LogP contribution in [0.5, 0.6) is 0 Å². The molecular weight excluding hydrogens is 744 g/mol. The maximum absolute atomic E-state index is 12.9. The molecule has 0 aliphatic rings. The molecule has 346 valence electrons. The molecule has 3 atom stereocenters. The molecule has 0 heterocycles. The molecule has 0 aromatic carbocycles. The molecule has 0 rings (SSSR count). The summed E-state index contributed by atoms with van der Waals surface area (Å²) in [7, 11) is 1.27. The molecule has 0 saturated heterocycles. The Balaban J connectivity index is 4.16. The zero-order valence-electron chi connectivity index (χ0n) is 39.3. The minimum absolute atomic E-state index is 0.00216. The highest BCUT2D eigenvalue weighted by atomic mass is 31.2. The first-order valence-corrected chi connectivity index (χ1v) is 26.5. The Morgan fingerprint density at radius 1 is 0.586 bits per heavy atom. The van der Waals surface area contributed by atoms with Crippen molar-refractivity contribution in [2.75, 3.05) is 40.9 Å². The van der Waals surface area contributed by atoms with Crippen LogP contribution in [0.4, 0.5) is 0 Å². The van der Waals surface area contributed by atoms with Gasteiger partial charge in [0.25, 0.3) is 7.82 Å². The van der Waals surface area contributed by atoms with E-state index in [1.54, 1.807) is 6.08 Å². The van der Waals surface area contributed by atoms with Gasteiger partial charge in [-0.25, -0.2) is 0 Å². The van der Waals surface area contributed by atoms with Gasteiger partial charge in [0.05, 0.1) is 39.9 Å². The summed E-state index contributed by atoms with van der Waals surface area (Å²) in [6, 6.07) is -0.880. The quantitative estimate of drug-likeness (QED) is 0.0273. The standard InChI is InChI=1S/C49H99N2O6P/c1-6-8-10-12-14-16-18-20-21-22-23-24-25-26-27-28-29-30-31-33-35-37-39-41-43-49(53)50-47(46-57-58(54,55)56-45-44-51(3,4)5)48(52)42-40-38-36-34-32-19-17-15-13-11-9-7-2/h40,42,47-48,52H,6-39,41,43-46H2,1-5H3,(H-,50,53,54,55)/b42-40+/t47-,48+/m0/s1. The van der Waals surface area contributed by atoms with Crippen molar-refractivity contribution < 1.29 is 32.9 Å². The fourth-order valence-corrected chi connectivity index (χ4v) is 8.23. The fraction of sp³-hybridized carbons (Fsp3) is 0.939. The van der Waals surface area contributed by atoms with Crippen LogP contribution in [0.25, 0.3) is 0 Å². The van der Waals surface area contributed by atoms with Gasteiger partial charge in [-0.3, -0.25) is 9.36 Å². The minimum atomic E-state index is -4.58. The van der Waals surface area contributed by atoms with Gasteiger partial charge >= 0.3 is 0 Å². The molecule has 0 aliphatic heterocycles. The number of aliphatic hydroxyl groups excluding tert-OH is 1. The second kappa shape index (κ2) is 41.6. The molecule has 0 saturated carbocycles. The summed E-state index contributed by atoms with van der Waals surface area (Å²) in [6.45, 7) is 4.66. The monoisotopic (exact) mass is 843 g/mol. The van der Waals surface area contributed by atoms with E-state index in [-0.39, 0.29) is 19.1 Å². The lowest BCUT2D eigenvalue weighted by atomic mass is 10.0. The highest BCUT2D eigenvalue weighted by molar-refractivity contribution is 7.45.